The highest BCUT2D eigenvalue weighted by Crippen LogP contribution is 2.04. The van der Waals surface area contributed by atoms with E-state index in [0.29, 0.717) is 19.0 Å². The molecular formula is C5H9N3OS. The number of rotatable bonds is 4. The second-order valence-electron chi connectivity index (χ2n) is 1.74. The van der Waals surface area contributed by atoms with E-state index in [-0.39, 0.29) is 0 Å². The molecule has 1 aromatic rings. The minimum atomic E-state index is 0.596. The van der Waals surface area contributed by atoms with Gasteiger partial charge in [-0.25, -0.2) is 0 Å². The van der Waals surface area contributed by atoms with Crippen LogP contribution in [-0.2, 0) is 0 Å². The van der Waals surface area contributed by atoms with Crippen LogP contribution in [0.3, 0.4) is 0 Å². The Morgan fingerprint density at radius 1 is 1.70 bits per heavy atom. The fourth-order valence-corrected chi connectivity index (χ4v) is 0.844. The quantitative estimate of drug-likeness (QED) is 0.640. The van der Waals surface area contributed by atoms with Gasteiger partial charge in [0.1, 0.15) is 6.20 Å². The van der Waals surface area contributed by atoms with Crippen molar-refractivity contribution < 1.29 is 4.74 Å². The molecule has 0 unspecified atom stereocenters. The number of nitrogens with two attached hydrogens (primary N) is 1. The van der Waals surface area contributed by atoms with Crippen LogP contribution >= 0.6 is 11.7 Å². The van der Waals surface area contributed by atoms with Gasteiger partial charge in [-0.2, -0.15) is 4.37 Å². The molecule has 0 aliphatic heterocycles. The molecule has 5 heteroatoms. The summed E-state index contributed by atoms with van der Waals surface area (Å²) >= 11 is 1.14. The van der Waals surface area contributed by atoms with Crippen molar-refractivity contribution in [3.63, 3.8) is 0 Å². The first kappa shape index (κ1) is 7.43. The maximum absolute atomic E-state index is 5.25. The molecule has 0 amide bonds. The fourth-order valence-electron chi connectivity index (χ4n) is 0.480. The summed E-state index contributed by atoms with van der Waals surface area (Å²) in [7, 11) is 0. The Kier molecular flexibility index (Phi) is 3.11. The lowest BCUT2D eigenvalue weighted by molar-refractivity contribution is 0.304. The van der Waals surface area contributed by atoms with Crippen LogP contribution in [0, 0.1) is 0 Å². The first-order valence-electron chi connectivity index (χ1n) is 3.04. The van der Waals surface area contributed by atoms with Crippen molar-refractivity contribution in [3.05, 3.63) is 6.20 Å². The van der Waals surface area contributed by atoms with Gasteiger partial charge in [-0.1, -0.05) is 0 Å². The van der Waals surface area contributed by atoms with Crippen LogP contribution in [-0.4, -0.2) is 21.9 Å². The van der Waals surface area contributed by atoms with Gasteiger partial charge in [0.2, 0.25) is 5.88 Å². The Balaban J connectivity index is 2.15. The molecule has 0 spiro atoms. The zero-order valence-corrected chi connectivity index (χ0v) is 6.30. The third kappa shape index (κ3) is 2.28. The molecule has 0 aromatic carbocycles. The van der Waals surface area contributed by atoms with E-state index >= 15 is 0 Å². The van der Waals surface area contributed by atoms with Crippen molar-refractivity contribution in [3.8, 4) is 5.88 Å². The average Bonchev–Trinajstić information content (AvgIpc) is 2.41. The van der Waals surface area contributed by atoms with Crippen molar-refractivity contribution in [2.75, 3.05) is 13.2 Å². The monoisotopic (exact) mass is 159 g/mol. The minimum Gasteiger partial charge on any atom is -0.476 e. The number of hydrogen-bond acceptors (Lipinski definition) is 5. The van der Waals surface area contributed by atoms with E-state index in [4.69, 9.17) is 10.5 Å². The Bertz CT molecular complexity index is 165. The fraction of sp³-hybridized carbons (Fsp3) is 0.600. The first-order chi connectivity index (χ1) is 4.93. The molecule has 0 bridgehead atoms. The number of ether oxygens (including phenoxy) is 1. The largest absolute Gasteiger partial charge is 0.476 e. The summed E-state index contributed by atoms with van der Waals surface area (Å²) < 4.78 is 12.8. The van der Waals surface area contributed by atoms with E-state index in [9.17, 15) is 0 Å². The molecule has 1 aromatic heterocycles. The zero-order chi connectivity index (χ0) is 7.23. The minimum absolute atomic E-state index is 0.596. The summed E-state index contributed by atoms with van der Waals surface area (Å²) in [5, 5.41) is 0. The summed E-state index contributed by atoms with van der Waals surface area (Å²) in [6.07, 6.45) is 2.46. The Morgan fingerprint density at radius 3 is 3.20 bits per heavy atom. The van der Waals surface area contributed by atoms with Crippen molar-refractivity contribution in [2.45, 2.75) is 6.42 Å². The van der Waals surface area contributed by atoms with Crippen LogP contribution in [0.15, 0.2) is 6.20 Å². The van der Waals surface area contributed by atoms with E-state index in [1.54, 1.807) is 6.20 Å². The molecule has 1 heterocycles. The molecular weight excluding hydrogens is 150 g/mol. The first-order valence-corrected chi connectivity index (χ1v) is 3.77. The van der Waals surface area contributed by atoms with E-state index in [0.717, 1.165) is 18.1 Å². The molecule has 10 heavy (non-hydrogen) atoms. The standard InChI is InChI=1S/C5H9N3OS/c6-2-1-3-9-5-4-7-10-8-5/h4H,1-3,6H2. The average molecular weight is 159 g/mol. The van der Waals surface area contributed by atoms with Crippen LogP contribution in [0.4, 0.5) is 0 Å². The van der Waals surface area contributed by atoms with Gasteiger partial charge in [0, 0.05) is 0 Å². The third-order valence-electron chi connectivity index (χ3n) is 0.939. The molecule has 1 rings (SSSR count). The lowest BCUT2D eigenvalue weighted by Crippen LogP contribution is -2.05. The van der Waals surface area contributed by atoms with Gasteiger partial charge >= 0.3 is 0 Å². The Morgan fingerprint density at radius 2 is 2.60 bits per heavy atom. The Labute approximate surface area is 63.3 Å². The van der Waals surface area contributed by atoms with E-state index in [1.807, 2.05) is 0 Å². The summed E-state index contributed by atoms with van der Waals surface area (Å²) in [5.41, 5.74) is 5.25. The highest BCUT2D eigenvalue weighted by atomic mass is 32.1. The highest BCUT2D eigenvalue weighted by molar-refractivity contribution is 6.99. The van der Waals surface area contributed by atoms with Gasteiger partial charge in [-0.05, 0) is 13.0 Å². The third-order valence-corrected chi connectivity index (χ3v) is 1.40. The predicted molar refractivity (Wildman–Crippen MR) is 39.1 cm³/mol. The van der Waals surface area contributed by atoms with Gasteiger partial charge in [0.25, 0.3) is 0 Å². The van der Waals surface area contributed by atoms with Crippen LogP contribution in [0.25, 0.3) is 0 Å². The van der Waals surface area contributed by atoms with Crippen molar-refractivity contribution in [1.82, 2.24) is 8.75 Å². The molecule has 0 fully saturated rings. The lowest BCUT2D eigenvalue weighted by atomic mass is 10.5. The van der Waals surface area contributed by atoms with E-state index in [1.165, 1.54) is 0 Å². The Hall–Kier alpha value is -0.680. The van der Waals surface area contributed by atoms with Gasteiger partial charge in [0.05, 0.1) is 18.3 Å². The number of hydrogen-bond donors (Lipinski definition) is 1. The summed E-state index contributed by atoms with van der Waals surface area (Å²) in [6.45, 7) is 1.28. The van der Waals surface area contributed by atoms with Crippen LogP contribution in [0.2, 0.25) is 0 Å². The lowest BCUT2D eigenvalue weighted by Gasteiger charge is -1.97. The number of nitrogens with zero attached hydrogens (tertiary/aromatic N) is 2. The highest BCUT2D eigenvalue weighted by Gasteiger charge is 1.93. The molecule has 0 atom stereocenters. The van der Waals surface area contributed by atoms with Gasteiger partial charge in [-0.3, -0.25) is 0 Å². The molecule has 0 radical (unpaired) electrons. The maximum Gasteiger partial charge on any atom is 0.245 e. The second kappa shape index (κ2) is 4.19. The van der Waals surface area contributed by atoms with Crippen molar-refractivity contribution in [2.24, 2.45) is 5.73 Å². The van der Waals surface area contributed by atoms with Crippen molar-refractivity contribution >= 4 is 11.7 Å². The molecule has 4 nitrogen and oxygen atoms in total. The number of aromatic nitrogens is 2. The second-order valence-corrected chi connectivity index (χ2v) is 2.29. The van der Waals surface area contributed by atoms with E-state index in [2.05, 4.69) is 8.75 Å². The van der Waals surface area contributed by atoms with Gasteiger partial charge in [-0.15, -0.1) is 4.37 Å². The molecule has 0 saturated heterocycles. The molecule has 56 valence electrons. The summed E-state index contributed by atoms with van der Waals surface area (Å²) in [6, 6.07) is 0. The van der Waals surface area contributed by atoms with Crippen LogP contribution < -0.4 is 10.5 Å². The van der Waals surface area contributed by atoms with Gasteiger partial charge in [0.15, 0.2) is 0 Å². The SMILES string of the molecule is NCCCOc1cnsn1. The topological polar surface area (TPSA) is 61.0 Å². The molecule has 0 aliphatic carbocycles. The van der Waals surface area contributed by atoms with Crippen LogP contribution in [0.5, 0.6) is 5.88 Å². The summed E-state index contributed by atoms with van der Waals surface area (Å²) in [5.74, 6) is 0.596. The zero-order valence-electron chi connectivity index (χ0n) is 5.49. The van der Waals surface area contributed by atoms with Gasteiger partial charge < -0.3 is 10.5 Å². The smallest absolute Gasteiger partial charge is 0.245 e. The maximum atomic E-state index is 5.25. The molecule has 0 aliphatic rings. The van der Waals surface area contributed by atoms with Crippen LogP contribution in [0.1, 0.15) is 6.42 Å². The summed E-state index contributed by atoms with van der Waals surface area (Å²) in [4.78, 5) is 0. The molecule has 2 N–H and O–H groups in total. The molecule has 0 saturated carbocycles. The predicted octanol–water partition coefficient (Wildman–Crippen LogP) is 0.266. The normalized spacial score (nSPS) is 9.70. The van der Waals surface area contributed by atoms with Crippen molar-refractivity contribution in [1.29, 1.82) is 0 Å². The van der Waals surface area contributed by atoms with E-state index < -0.39 is 0 Å².